The Morgan fingerprint density at radius 3 is 2.46 bits per heavy atom. The number of carbonyl (C=O) groups is 2. The Kier molecular flexibility index (Phi) is 7.93. The second-order valence-electron chi connectivity index (χ2n) is 9.26. The fourth-order valence-corrected chi connectivity index (χ4v) is 3.36. The third-order valence-electron chi connectivity index (χ3n) is 5.20. The van der Waals surface area contributed by atoms with Crippen LogP contribution in [0.25, 0.3) is 0 Å². The molecule has 1 aliphatic rings. The van der Waals surface area contributed by atoms with E-state index in [9.17, 15) is 14.7 Å². The number of nitrogens with zero attached hydrogens (tertiary/aromatic N) is 2. The summed E-state index contributed by atoms with van der Waals surface area (Å²) in [6, 6.07) is 14.3. The van der Waals surface area contributed by atoms with Gasteiger partial charge in [0.1, 0.15) is 29.9 Å². The van der Waals surface area contributed by atoms with Crippen molar-refractivity contribution in [2.45, 2.75) is 40.4 Å². The van der Waals surface area contributed by atoms with E-state index in [1.165, 1.54) is 12.3 Å². The summed E-state index contributed by atoms with van der Waals surface area (Å²) in [5, 5.41) is 16.3. The number of carbonyl (C=O) groups excluding carboxylic acids is 2. The van der Waals surface area contributed by atoms with Crippen LogP contribution in [0, 0.1) is 5.41 Å². The van der Waals surface area contributed by atoms with Crippen molar-refractivity contribution in [1.82, 2.24) is 5.43 Å². The minimum atomic E-state index is -1.60. The summed E-state index contributed by atoms with van der Waals surface area (Å²) in [7, 11) is 1.57. The lowest BCUT2D eigenvalue weighted by atomic mass is 9.90. The normalized spacial score (nSPS) is 18.0. The van der Waals surface area contributed by atoms with E-state index in [0.29, 0.717) is 18.1 Å². The second kappa shape index (κ2) is 10.7. The first kappa shape index (κ1) is 25.9. The van der Waals surface area contributed by atoms with E-state index in [4.69, 9.17) is 14.2 Å². The summed E-state index contributed by atoms with van der Waals surface area (Å²) in [6.45, 7) is 8.08. The molecule has 186 valence electrons. The third-order valence-corrected chi connectivity index (χ3v) is 5.20. The highest BCUT2D eigenvalue weighted by atomic mass is 16.5. The third kappa shape index (κ3) is 6.46. The van der Waals surface area contributed by atoms with E-state index in [1.54, 1.807) is 25.3 Å². The van der Waals surface area contributed by atoms with Crippen LogP contribution in [0.2, 0.25) is 0 Å². The summed E-state index contributed by atoms with van der Waals surface area (Å²) in [5.41, 5.74) is 3.54. The molecule has 35 heavy (non-hydrogen) atoms. The molecule has 9 nitrogen and oxygen atoms in total. The summed E-state index contributed by atoms with van der Waals surface area (Å²) in [6.07, 6.45) is 0.963. The van der Waals surface area contributed by atoms with Gasteiger partial charge in [0.2, 0.25) is 0 Å². The van der Waals surface area contributed by atoms with E-state index in [1.807, 2.05) is 58.0 Å². The number of nitrogens with one attached hydrogen (secondary N) is 1. The molecule has 1 unspecified atom stereocenters. The van der Waals surface area contributed by atoms with Crippen LogP contribution in [-0.2, 0) is 11.3 Å². The first-order chi connectivity index (χ1) is 16.5. The monoisotopic (exact) mass is 481 g/mol. The van der Waals surface area contributed by atoms with Crippen molar-refractivity contribution in [3.63, 3.8) is 0 Å². The van der Waals surface area contributed by atoms with Gasteiger partial charge in [-0.2, -0.15) is 5.43 Å². The lowest BCUT2D eigenvalue weighted by molar-refractivity contribution is -0.866. The maximum Gasteiger partial charge on any atom is 0.317 e. The van der Waals surface area contributed by atoms with E-state index in [-0.39, 0.29) is 24.0 Å². The predicted molar refractivity (Wildman–Crippen MR) is 128 cm³/mol. The lowest BCUT2D eigenvalue weighted by Gasteiger charge is -2.26. The zero-order valence-electron chi connectivity index (χ0n) is 20.6. The molecule has 0 bridgehead atoms. The summed E-state index contributed by atoms with van der Waals surface area (Å²) in [5.74, 6) is -0.0499. The van der Waals surface area contributed by atoms with Gasteiger partial charge < -0.3 is 24.1 Å². The van der Waals surface area contributed by atoms with Crippen LogP contribution in [-0.4, -0.2) is 42.2 Å². The number of hydrogen-bond acceptors (Lipinski definition) is 7. The van der Waals surface area contributed by atoms with Gasteiger partial charge in [-0.1, -0.05) is 51.1 Å². The quantitative estimate of drug-likeness (QED) is 0.579. The van der Waals surface area contributed by atoms with Crippen molar-refractivity contribution in [1.29, 1.82) is 0 Å². The van der Waals surface area contributed by atoms with E-state index in [0.717, 1.165) is 5.56 Å². The zero-order chi connectivity index (χ0) is 25.6. The van der Waals surface area contributed by atoms with Gasteiger partial charge in [0.05, 0.1) is 12.2 Å². The van der Waals surface area contributed by atoms with Crippen molar-refractivity contribution in [2.24, 2.45) is 10.5 Å². The van der Waals surface area contributed by atoms with Gasteiger partial charge in [0, 0.05) is 18.6 Å². The van der Waals surface area contributed by atoms with Crippen LogP contribution >= 0.6 is 0 Å². The van der Waals surface area contributed by atoms with Crippen LogP contribution in [0.1, 0.15) is 43.6 Å². The molecule has 0 saturated heterocycles. The Balaban J connectivity index is 1.92. The fourth-order valence-electron chi connectivity index (χ4n) is 3.36. The number of amides is 2. The smallest absolute Gasteiger partial charge is 0.317 e. The Labute approximate surface area is 205 Å². The second-order valence-corrected chi connectivity index (χ2v) is 9.26. The standard InChI is InChI=1S/C26H31N3O6/c1-18(16-33-5)35-20-11-12-22(34-17-19-9-7-6-8-10-19)21(15-20)24(30)28-29(25(31)32)14-13-23(27-29)26(2,3)4/h6-15,18H,16-17H2,1-5H3,(H-,28,30,31,32)/t18-,29?/m0/s1. The molecule has 2 aromatic rings. The van der Waals surface area contributed by atoms with Gasteiger partial charge in [-0.3, -0.25) is 4.79 Å². The van der Waals surface area contributed by atoms with Crippen molar-refractivity contribution in [3.8, 4) is 11.5 Å². The van der Waals surface area contributed by atoms with Crippen LogP contribution in [0.15, 0.2) is 65.9 Å². The first-order valence-corrected chi connectivity index (χ1v) is 11.2. The Morgan fingerprint density at radius 2 is 1.86 bits per heavy atom. The number of rotatable bonds is 8. The fraction of sp³-hybridized carbons (Fsp3) is 0.346. The van der Waals surface area contributed by atoms with Gasteiger partial charge in [0.25, 0.3) is 0 Å². The number of quaternary nitrogens is 1. The van der Waals surface area contributed by atoms with Crippen LogP contribution in [0.3, 0.4) is 0 Å². The van der Waals surface area contributed by atoms with Crippen LogP contribution < -0.4 is 20.0 Å². The molecule has 3 rings (SSSR count). The van der Waals surface area contributed by atoms with Crippen LogP contribution in [0.5, 0.6) is 11.5 Å². The highest BCUT2D eigenvalue weighted by Gasteiger charge is 2.40. The van der Waals surface area contributed by atoms with Crippen molar-refractivity contribution < 1.29 is 33.6 Å². The summed E-state index contributed by atoms with van der Waals surface area (Å²) >= 11 is 0. The van der Waals surface area contributed by atoms with Crippen molar-refractivity contribution in [2.75, 3.05) is 13.7 Å². The Bertz CT molecular complexity index is 1120. The highest BCUT2D eigenvalue weighted by molar-refractivity contribution is 6.00. The molecule has 0 aromatic heterocycles. The van der Waals surface area contributed by atoms with Gasteiger partial charge in [-0.15, -0.1) is 0 Å². The maximum atomic E-state index is 13.4. The van der Waals surface area contributed by atoms with Gasteiger partial charge in [-0.25, -0.2) is 0 Å². The number of hydrogen-bond donors (Lipinski definition) is 1. The number of allylic oxidation sites excluding steroid dienone is 1. The van der Waals surface area contributed by atoms with Gasteiger partial charge in [-0.05, 0) is 40.5 Å². The van der Waals surface area contributed by atoms with Gasteiger partial charge >= 0.3 is 12.0 Å². The predicted octanol–water partition coefficient (Wildman–Crippen LogP) is 3.41. The molecule has 1 N–H and O–H groups in total. The topological polar surface area (TPSA) is 109 Å². The van der Waals surface area contributed by atoms with Crippen molar-refractivity contribution in [3.05, 3.63) is 71.9 Å². The maximum absolute atomic E-state index is 13.4. The van der Waals surface area contributed by atoms with E-state index < -0.39 is 22.1 Å². The molecule has 1 heterocycles. The molecule has 0 saturated carbocycles. The number of carboxylic acid groups (broad SMARTS) is 1. The van der Waals surface area contributed by atoms with Crippen LogP contribution in [0.4, 0.5) is 4.79 Å². The molecule has 1 aliphatic heterocycles. The van der Waals surface area contributed by atoms with E-state index >= 15 is 0 Å². The Hall–Kier alpha value is -3.69. The molecule has 0 aliphatic carbocycles. The number of ether oxygens (including phenoxy) is 3. The average Bonchev–Trinajstić information content (AvgIpc) is 3.25. The molecule has 2 amide bonds. The largest absolute Gasteiger partial charge is 0.494 e. The molecule has 0 radical (unpaired) electrons. The summed E-state index contributed by atoms with van der Waals surface area (Å²) < 4.78 is 15.6. The minimum absolute atomic E-state index is 0.0922. The minimum Gasteiger partial charge on any atom is -0.494 e. The summed E-state index contributed by atoms with van der Waals surface area (Å²) in [4.78, 5) is 25.4. The molecular weight excluding hydrogens is 450 g/mol. The van der Waals surface area contributed by atoms with Crippen molar-refractivity contribution >= 4 is 17.7 Å². The molecule has 0 fully saturated rings. The van der Waals surface area contributed by atoms with E-state index in [2.05, 4.69) is 10.5 Å². The zero-order valence-corrected chi connectivity index (χ0v) is 20.6. The average molecular weight is 482 g/mol. The number of benzene rings is 2. The molecule has 2 aromatic carbocycles. The molecule has 2 atom stereocenters. The SMILES string of the molecule is COC[C@H](C)Oc1ccc(OCc2ccccc2)c(C(=O)N[N+]2(C(=O)[O-])C=CC(C(C)(C)C)=N2)c1. The molecule has 0 spiro atoms. The molecular formula is C26H31N3O6. The highest BCUT2D eigenvalue weighted by Crippen LogP contribution is 2.28. The number of methoxy groups -OCH3 is 1. The van der Waals surface area contributed by atoms with Gasteiger partial charge in [0.15, 0.2) is 6.20 Å². The first-order valence-electron chi connectivity index (χ1n) is 11.2. The lowest BCUT2D eigenvalue weighted by Crippen LogP contribution is -2.60. The Morgan fingerprint density at radius 1 is 1.14 bits per heavy atom. The molecule has 9 heteroatoms.